The van der Waals surface area contributed by atoms with Crippen molar-refractivity contribution in [3.8, 4) is 0 Å². The molecule has 1 saturated carbocycles. The molecular weight excluding hydrogens is 362 g/mol. The number of carbonyl (C=O) groups is 1. The van der Waals surface area contributed by atoms with E-state index in [4.69, 9.17) is 14.7 Å². The number of thioether (sulfide) groups is 1. The Morgan fingerprint density at radius 3 is 2.59 bits per heavy atom. The van der Waals surface area contributed by atoms with Crippen molar-refractivity contribution in [2.45, 2.75) is 88.1 Å². The molecule has 1 amide bonds. The van der Waals surface area contributed by atoms with E-state index in [9.17, 15) is 4.79 Å². The van der Waals surface area contributed by atoms with Crippen molar-refractivity contribution in [3.63, 3.8) is 0 Å². The first-order valence-electron chi connectivity index (χ1n) is 11.0. The van der Waals surface area contributed by atoms with Crippen LogP contribution in [-0.2, 0) is 14.3 Å². The first kappa shape index (κ1) is 21.4. The zero-order valence-corrected chi connectivity index (χ0v) is 17.6. The topological polar surface area (TPSA) is 59.0 Å². The van der Waals surface area contributed by atoms with Gasteiger partial charge in [-0.2, -0.15) is 11.8 Å². The van der Waals surface area contributed by atoms with E-state index in [2.05, 4.69) is 11.8 Å². The van der Waals surface area contributed by atoms with E-state index in [-0.39, 0.29) is 5.91 Å². The maximum atomic E-state index is 11.3. The van der Waals surface area contributed by atoms with Gasteiger partial charge in [-0.25, -0.2) is 5.06 Å². The number of amides is 1. The summed E-state index contributed by atoms with van der Waals surface area (Å²) in [5.41, 5.74) is 0. The molecule has 6 heteroatoms. The highest BCUT2D eigenvalue weighted by atomic mass is 32.2. The second-order valence-corrected chi connectivity index (χ2v) is 9.90. The van der Waals surface area contributed by atoms with Gasteiger partial charge in [-0.1, -0.05) is 19.3 Å². The highest BCUT2D eigenvalue weighted by Crippen LogP contribution is 2.45. The first-order chi connectivity index (χ1) is 13.1. The van der Waals surface area contributed by atoms with Crippen LogP contribution in [0, 0.1) is 11.8 Å². The summed E-state index contributed by atoms with van der Waals surface area (Å²) in [5, 5.41) is 10.6. The Bertz CT molecular complexity index is 455. The third kappa shape index (κ3) is 6.34. The van der Waals surface area contributed by atoms with Crippen LogP contribution in [0.25, 0.3) is 0 Å². The lowest BCUT2D eigenvalue weighted by Crippen LogP contribution is -2.31. The van der Waals surface area contributed by atoms with Gasteiger partial charge in [-0.3, -0.25) is 10.0 Å². The third-order valence-corrected chi connectivity index (χ3v) is 7.96. The predicted molar refractivity (Wildman–Crippen MR) is 108 cm³/mol. The molecule has 4 atom stereocenters. The Morgan fingerprint density at radius 1 is 1.11 bits per heavy atom. The van der Waals surface area contributed by atoms with Crippen molar-refractivity contribution < 1.29 is 19.5 Å². The van der Waals surface area contributed by atoms with Gasteiger partial charge in [0.25, 0.3) is 0 Å². The van der Waals surface area contributed by atoms with Gasteiger partial charge in [0.1, 0.15) is 0 Å². The number of carbonyl (C=O) groups excluding carboxylic acids is 1. The average molecular weight is 400 g/mol. The number of hydroxylamine groups is 2. The summed E-state index contributed by atoms with van der Waals surface area (Å²) in [6, 6.07) is 0. The number of hydrogen-bond acceptors (Lipinski definition) is 5. The Labute approximate surface area is 168 Å². The summed E-state index contributed by atoms with van der Waals surface area (Å²) in [6.45, 7) is 1.49. The van der Waals surface area contributed by atoms with E-state index >= 15 is 0 Å². The highest BCUT2D eigenvalue weighted by molar-refractivity contribution is 7.99. The van der Waals surface area contributed by atoms with Crippen molar-refractivity contribution in [2.24, 2.45) is 11.8 Å². The van der Waals surface area contributed by atoms with E-state index in [0.717, 1.165) is 24.7 Å². The van der Waals surface area contributed by atoms with E-state index < -0.39 is 0 Å². The van der Waals surface area contributed by atoms with Crippen LogP contribution < -0.4 is 0 Å². The van der Waals surface area contributed by atoms with Crippen LogP contribution in [0.2, 0.25) is 0 Å². The largest absolute Gasteiger partial charge is 0.381 e. The van der Waals surface area contributed by atoms with Gasteiger partial charge in [0.05, 0.1) is 18.8 Å². The predicted octanol–water partition coefficient (Wildman–Crippen LogP) is 4.27. The molecule has 0 unspecified atom stereocenters. The number of unbranched alkanes of at least 4 members (excludes halogenated alkanes) is 1. The summed E-state index contributed by atoms with van der Waals surface area (Å²) in [5.74, 6) is 2.27. The highest BCUT2D eigenvalue weighted by Gasteiger charge is 2.48. The first-order valence-corrected chi connectivity index (χ1v) is 12.0. The smallest absolute Gasteiger partial charge is 0.245 e. The monoisotopic (exact) mass is 399 g/mol. The fourth-order valence-corrected chi connectivity index (χ4v) is 6.37. The molecule has 0 aromatic heterocycles. The molecule has 0 aromatic rings. The fraction of sp³-hybridized carbons (Fsp3) is 0.952. The molecule has 0 spiro atoms. The molecule has 1 N–H and O–H groups in total. The molecule has 2 saturated heterocycles. The van der Waals surface area contributed by atoms with Gasteiger partial charge < -0.3 is 9.47 Å². The standard InChI is InChI=1S/C21H37NO4S/c1-22(24)21(23)9-5-6-13-25-15-18-17(19-10-11-20(18)26-19)12-14-27-16-7-3-2-4-8-16/h16-20,24H,2-15H2,1H3/t17-,18+,19-,20+/m0/s1. The Kier molecular flexibility index (Phi) is 8.75. The van der Waals surface area contributed by atoms with Crippen LogP contribution in [0.3, 0.4) is 0 Å². The lowest BCUT2D eigenvalue weighted by atomic mass is 9.78. The van der Waals surface area contributed by atoms with E-state index in [0.29, 0.717) is 42.1 Å². The van der Waals surface area contributed by atoms with Crippen molar-refractivity contribution in [2.75, 3.05) is 26.0 Å². The van der Waals surface area contributed by atoms with Crippen LogP contribution >= 0.6 is 11.8 Å². The molecule has 2 bridgehead atoms. The van der Waals surface area contributed by atoms with Crippen LogP contribution in [0.1, 0.15) is 70.6 Å². The molecule has 3 aliphatic rings. The zero-order valence-electron chi connectivity index (χ0n) is 16.8. The molecule has 0 radical (unpaired) electrons. The Balaban J connectivity index is 1.31. The van der Waals surface area contributed by atoms with Crippen molar-refractivity contribution >= 4 is 17.7 Å². The minimum Gasteiger partial charge on any atom is -0.381 e. The summed E-state index contributed by atoms with van der Waals surface area (Å²) < 4.78 is 12.2. The lowest BCUT2D eigenvalue weighted by Gasteiger charge is -2.28. The quantitative estimate of drug-likeness (QED) is 0.319. The second-order valence-electron chi connectivity index (χ2n) is 8.49. The second kappa shape index (κ2) is 11.0. The molecule has 1 aliphatic carbocycles. The van der Waals surface area contributed by atoms with Crippen molar-refractivity contribution in [3.05, 3.63) is 0 Å². The summed E-state index contributed by atoms with van der Waals surface area (Å²) >= 11 is 2.20. The van der Waals surface area contributed by atoms with Crippen LogP contribution in [0.15, 0.2) is 0 Å². The fourth-order valence-electron chi connectivity index (χ4n) is 4.97. The molecule has 2 aliphatic heterocycles. The summed E-state index contributed by atoms with van der Waals surface area (Å²) in [7, 11) is 1.38. The van der Waals surface area contributed by atoms with Gasteiger partial charge in [0.15, 0.2) is 0 Å². The number of nitrogens with zero attached hydrogens (tertiary/aromatic N) is 1. The molecule has 0 aromatic carbocycles. The van der Waals surface area contributed by atoms with Crippen LogP contribution in [-0.4, -0.2) is 59.6 Å². The molecular formula is C21H37NO4S. The molecule has 3 fully saturated rings. The van der Waals surface area contributed by atoms with E-state index in [1.54, 1.807) is 0 Å². The molecule has 156 valence electrons. The normalized spacial score (nSPS) is 30.7. The molecule has 5 nitrogen and oxygen atoms in total. The van der Waals surface area contributed by atoms with Gasteiger partial charge in [0.2, 0.25) is 5.91 Å². The van der Waals surface area contributed by atoms with Crippen molar-refractivity contribution in [1.82, 2.24) is 5.06 Å². The summed E-state index contributed by atoms with van der Waals surface area (Å²) in [4.78, 5) is 11.3. The van der Waals surface area contributed by atoms with Gasteiger partial charge in [0, 0.05) is 31.2 Å². The Hall–Kier alpha value is -0.300. The minimum atomic E-state index is -0.230. The maximum Gasteiger partial charge on any atom is 0.245 e. The van der Waals surface area contributed by atoms with Crippen LogP contribution in [0.5, 0.6) is 0 Å². The third-order valence-electron chi connectivity index (χ3n) is 6.55. The number of fused-ring (bicyclic) bond motifs is 2. The summed E-state index contributed by atoms with van der Waals surface area (Å²) in [6.07, 6.45) is 13.7. The lowest BCUT2D eigenvalue weighted by molar-refractivity contribution is -0.159. The van der Waals surface area contributed by atoms with Gasteiger partial charge in [-0.15, -0.1) is 0 Å². The average Bonchev–Trinajstić information content (AvgIpc) is 3.27. The zero-order chi connectivity index (χ0) is 19.1. The number of hydrogen-bond donors (Lipinski definition) is 1. The van der Waals surface area contributed by atoms with Crippen LogP contribution in [0.4, 0.5) is 0 Å². The van der Waals surface area contributed by atoms with Gasteiger partial charge in [-0.05, 0) is 56.6 Å². The van der Waals surface area contributed by atoms with E-state index in [1.807, 2.05) is 0 Å². The molecule has 3 rings (SSSR count). The van der Waals surface area contributed by atoms with Crippen molar-refractivity contribution in [1.29, 1.82) is 0 Å². The number of ether oxygens (including phenoxy) is 2. The van der Waals surface area contributed by atoms with Gasteiger partial charge >= 0.3 is 0 Å². The Morgan fingerprint density at radius 2 is 1.85 bits per heavy atom. The number of rotatable bonds is 11. The SMILES string of the molecule is CN(O)C(=O)CCCCOC[C@@H]1[C@H](CCSC2CCCCC2)[C@@H]2CC[C@H]1O2. The molecule has 27 heavy (non-hydrogen) atoms. The molecule has 2 heterocycles. The van der Waals surface area contributed by atoms with E-state index in [1.165, 1.54) is 64.2 Å². The minimum absolute atomic E-state index is 0.230. The maximum absolute atomic E-state index is 11.3.